The molecule has 0 aliphatic carbocycles. The number of methoxy groups -OCH3 is 1. The molecule has 0 aliphatic rings. The maximum atomic E-state index is 13.2. The van der Waals surface area contributed by atoms with Gasteiger partial charge in [-0.25, -0.2) is 4.39 Å². The van der Waals surface area contributed by atoms with Gasteiger partial charge in [-0.05, 0) is 43.6 Å². The molecule has 1 aromatic carbocycles. The molecule has 0 amide bonds. The number of hydrogen-bond donors (Lipinski definition) is 0. The lowest BCUT2D eigenvalue weighted by molar-refractivity contribution is 0.292. The lowest BCUT2D eigenvalue weighted by Crippen LogP contribution is -2.26. The molecule has 0 aromatic heterocycles. The molecule has 96 valence electrons. The molecule has 0 atom stereocenters. The highest BCUT2D eigenvalue weighted by Gasteiger charge is 2.05. The van der Waals surface area contributed by atoms with Gasteiger partial charge in [0.15, 0.2) is 11.6 Å². The Bertz CT molecular complexity index is 341. The first-order chi connectivity index (χ1) is 8.21. The highest BCUT2D eigenvalue weighted by atomic mass is 19.1. The molecular weight excluding hydrogens is 217 g/mol. The first-order valence-electron chi connectivity index (χ1n) is 6.26. The van der Waals surface area contributed by atoms with E-state index in [1.807, 2.05) is 6.07 Å². The van der Waals surface area contributed by atoms with Gasteiger partial charge in [-0.3, -0.25) is 0 Å². The SMILES string of the molecule is CCCN(CC)CCc1ccc(F)c(OC)c1. The number of halogens is 1. The summed E-state index contributed by atoms with van der Waals surface area (Å²) in [6.07, 6.45) is 2.10. The van der Waals surface area contributed by atoms with Crippen LogP contribution in [0, 0.1) is 5.82 Å². The van der Waals surface area contributed by atoms with Crippen LogP contribution in [-0.2, 0) is 6.42 Å². The highest BCUT2D eigenvalue weighted by Crippen LogP contribution is 2.18. The van der Waals surface area contributed by atoms with Gasteiger partial charge in [-0.2, -0.15) is 0 Å². The quantitative estimate of drug-likeness (QED) is 0.725. The van der Waals surface area contributed by atoms with Gasteiger partial charge in [0, 0.05) is 6.54 Å². The van der Waals surface area contributed by atoms with Crippen molar-refractivity contribution in [2.75, 3.05) is 26.7 Å². The Kier molecular flexibility index (Phi) is 5.98. The van der Waals surface area contributed by atoms with Gasteiger partial charge in [0.05, 0.1) is 7.11 Å². The Morgan fingerprint density at radius 2 is 2.00 bits per heavy atom. The zero-order valence-corrected chi connectivity index (χ0v) is 11.0. The summed E-state index contributed by atoms with van der Waals surface area (Å²) in [6.45, 7) is 7.55. The third-order valence-electron chi connectivity index (χ3n) is 2.92. The molecule has 2 nitrogen and oxygen atoms in total. The molecule has 3 heteroatoms. The molecule has 0 aliphatic heterocycles. The van der Waals surface area contributed by atoms with Crippen LogP contribution < -0.4 is 4.74 Å². The van der Waals surface area contributed by atoms with Crippen LogP contribution in [0.3, 0.4) is 0 Å². The third kappa shape index (κ3) is 4.35. The summed E-state index contributed by atoms with van der Waals surface area (Å²) in [4.78, 5) is 2.40. The molecule has 0 fully saturated rings. The summed E-state index contributed by atoms with van der Waals surface area (Å²) in [5.74, 6) is 0.0400. The van der Waals surface area contributed by atoms with E-state index in [2.05, 4.69) is 18.7 Å². The zero-order valence-electron chi connectivity index (χ0n) is 11.0. The summed E-state index contributed by atoms with van der Waals surface area (Å²) in [7, 11) is 1.50. The van der Waals surface area contributed by atoms with Crippen LogP contribution >= 0.6 is 0 Å². The molecule has 0 saturated carbocycles. The predicted molar refractivity (Wildman–Crippen MR) is 69.1 cm³/mol. The van der Waals surface area contributed by atoms with Crippen molar-refractivity contribution < 1.29 is 9.13 Å². The van der Waals surface area contributed by atoms with Gasteiger partial charge in [0.2, 0.25) is 0 Å². The lowest BCUT2D eigenvalue weighted by atomic mass is 10.1. The monoisotopic (exact) mass is 239 g/mol. The Balaban J connectivity index is 2.56. The topological polar surface area (TPSA) is 12.5 Å². The van der Waals surface area contributed by atoms with E-state index in [-0.39, 0.29) is 5.82 Å². The van der Waals surface area contributed by atoms with E-state index in [1.165, 1.54) is 19.6 Å². The van der Waals surface area contributed by atoms with Gasteiger partial charge in [-0.1, -0.05) is 19.9 Å². The highest BCUT2D eigenvalue weighted by molar-refractivity contribution is 5.30. The van der Waals surface area contributed by atoms with Crippen molar-refractivity contribution in [1.82, 2.24) is 4.90 Å². The maximum absolute atomic E-state index is 13.2. The summed E-state index contributed by atoms with van der Waals surface area (Å²) < 4.78 is 18.2. The van der Waals surface area contributed by atoms with Crippen molar-refractivity contribution in [3.05, 3.63) is 29.6 Å². The Hall–Kier alpha value is -1.09. The van der Waals surface area contributed by atoms with E-state index in [9.17, 15) is 4.39 Å². The summed E-state index contributed by atoms with van der Waals surface area (Å²) in [5, 5.41) is 0. The van der Waals surface area contributed by atoms with E-state index < -0.39 is 0 Å². The van der Waals surface area contributed by atoms with Crippen molar-refractivity contribution in [3.63, 3.8) is 0 Å². The van der Waals surface area contributed by atoms with Crippen LogP contribution in [0.1, 0.15) is 25.8 Å². The number of likely N-dealkylation sites (N-methyl/N-ethyl adjacent to an activating group) is 1. The van der Waals surface area contributed by atoms with Crippen molar-refractivity contribution in [1.29, 1.82) is 0 Å². The molecule has 0 radical (unpaired) electrons. The molecule has 0 bridgehead atoms. The van der Waals surface area contributed by atoms with E-state index >= 15 is 0 Å². The predicted octanol–water partition coefficient (Wildman–Crippen LogP) is 3.11. The van der Waals surface area contributed by atoms with Gasteiger partial charge in [-0.15, -0.1) is 0 Å². The summed E-state index contributed by atoms with van der Waals surface area (Å²) >= 11 is 0. The van der Waals surface area contributed by atoms with Crippen LogP contribution in [0.25, 0.3) is 0 Å². The van der Waals surface area contributed by atoms with E-state index in [1.54, 1.807) is 6.07 Å². The van der Waals surface area contributed by atoms with E-state index in [0.29, 0.717) is 5.75 Å². The van der Waals surface area contributed by atoms with Gasteiger partial charge >= 0.3 is 0 Å². The summed E-state index contributed by atoms with van der Waals surface area (Å²) in [5.41, 5.74) is 1.12. The van der Waals surface area contributed by atoms with Crippen LogP contribution in [0.2, 0.25) is 0 Å². The largest absolute Gasteiger partial charge is 0.494 e. The van der Waals surface area contributed by atoms with Gasteiger partial charge in [0.1, 0.15) is 0 Å². The number of rotatable bonds is 7. The van der Waals surface area contributed by atoms with E-state index in [4.69, 9.17) is 4.74 Å². The van der Waals surface area contributed by atoms with Crippen molar-refractivity contribution in [3.8, 4) is 5.75 Å². The Morgan fingerprint density at radius 3 is 2.59 bits per heavy atom. The third-order valence-corrected chi connectivity index (χ3v) is 2.92. The molecule has 0 N–H and O–H groups in total. The summed E-state index contributed by atoms with van der Waals surface area (Å²) in [6, 6.07) is 5.09. The average Bonchev–Trinajstić information content (AvgIpc) is 2.36. The molecule has 0 unspecified atom stereocenters. The second-order valence-electron chi connectivity index (χ2n) is 4.15. The zero-order chi connectivity index (χ0) is 12.7. The maximum Gasteiger partial charge on any atom is 0.165 e. The minimum atomic E-state index is -0.294. The number of hydrogen-bond acceptors (Lipinski definition) is 2. The normalized spacial score (nSPS) is 10.9. The first kappa shape index (κ1) is 14.0. The smallest absolute Gasteiger partial charge is 0.165 e. The number of benzene rings is 1. The fourth-order valence-corrected chi connectivity index (χ4v) is 1.89. The van der Waals surface area contributed by atoms with Gasteiger partial charge < -0.3 is 9.64 Å². The fourth-order valence-electron chi connectivity index (χ4n) is 1.89. The van der Waals surface area contributed by atoms with Crippen molar-refractivity contribution in [2.45, 2.75) is 26.7 Å². The van der Waals surface area contributed by atoms with Crippen molar-refractivity contribution >= 4 is 0 Å². The van der Waals surface area contributed by atoms with Crippen LogP contribution in [-0.4, -0.2) is 31.6 Å². The average molecular weight is 239 g/mol. The Morgan fingerprint density at radius 1 is 1.24 bits per heavy atom. The van der Waals surface area contributed by atoms with Crippen molar-refractivity contribution in [2.24, 2.45) is 0 Å². The first-order valence-corrected chi connectivity index (χ1v) is 6.26. The lowest BCUT2D eigenvalue weighted by Gasteiger charge is -2.19. The van der Waals surface area contributed by atoms with E-state index in [0.717, 1.165) is 31.6 Å². The number of nitrogens with zero attached hydrogens (tertiary/aromatic N) is 1. The molecular formula is C14H22FNO. The minimum Gasteiger partial charge on any atom is -0.494 e. The van der Waals surface area contributed by atoms with Gasteiger partial charge in [0.25, 0.3) is 0 Å². The molecule has 1 aromatic rings. The standard InChI is InChI=1S/C14H22FNO/c1-4-9-16(5-2)10-8-12-6-7-13(15)14(11-12)17-3/h6-7,11H,4-5,8-10H2,1-3H3. The molecule has 0 spiro atoms. The minimum absolute atomic E-state index is 0.294. The second-order valence-corrected chi connectivity index (χ2v) is 4.15. The fraction of sp³-hybridized carbons (Fsp3) is 0.571. The number of ether oxygens (including phenoxy) is 1. The van der Waals surface area contributed by atoms with Crippen LogP contribution in [0.5, 0.6) is 5.75 Å². The van der Waals surface area contributed by atoms with Crippen LogP contribution in [0.15, 0.2) is 18.2 Å². The molecule has 0 saturated heterocycles. The molecule has 1 rings (SSSR count). The molecule has 17 heavy (non-hydrogen) atoms. The second kappa shape index (κ2) is 7.28. The Labute approximate surface area is 103 Å². The molecule has 0 heterocycles. The van der Waals surface area contributed by atoms with Crippen LogP contribution in [0.4, 0.5) is 4.39 Å².